The Kier molecular flexibility index (Phi) is 3.58. The van der Waals surface area contributed by atoms with Crippen molar-refractivity contribution >= 4 is 0 Å². The van der Waals surface area contributed by atoms with Gasteiger partial charge < -0.3 is 9.30 Å². The molecule has 0 amide bonds. The molecule has 5 heteroatoms. The van der Waals surface area contributed by atoms with Crippen LogP contribution in [0.3, 0.4) is 0 Å². The minimum atomic E-state index is -0.0209. The summed E-state index contributed by atoms with van der Waals surface area (Å²) in [5, 5.41) is 0. The van der Waals surface area contributed by atoms with E-state index >= 15 is 0 Å². The Hall–Kier alpha value is -0.910. The normalized spacial score (nSPS) is 27.2. The summed E-state index contributed by atoms with van der Waals surface area (Å²) in [4.78, 5) is 4.38. The second kappa shape index (κ2) is 4.95. The largest absolute Gasteiger partial charge is 0.376 e. The fraction of sp³-hybridized carbons (Fsp3) is 0.727. The molecular weight excluding hydrogens is 204 g/mol. The van der Waals surface area contributed by atoms with E-state index in [2.05, 4.69) is 28.8 Å². The van der Waals surface area contributed by atoms with Crippen LogP contribution in [-0.2, 0) is 11.3 Å². The maximum absolute atomic E-state index is 5.75. The molecule has 1 aliphatic rings. The van der Waals surface area contributed by atoms with Crippen molar-refractivity contribution in [2.75, 3.05) is 6.61 Å². The number of aromatic nitrogens is 2. The first-order valence-corrected chi connectivity index (χ1v) is 5.86. The van der Waals surface area contributed by atoms with Crippen molar-refractivity contribution in [1.29, 1.82) is 0 Å². The number of aryl methyl sites for hydroxylation is 1. The predicted molar refractivity (Wildman–Crippen MR) is 61.5 cm³/mol. The van der Waals surface area contributed by atoms with Crippen molar-refractivity contribution < 1.29 is 4.74 Å². The fourth-order valence-corrected chi connectivity index (χ4v) is 2.33. The van der Waals surface area contributed by atoms with E-state index in [1.807, 2.05) is 12.4 Å². The summed E-state index contributed by atoms with van der Waals surface area (Å²) in [7, 11) is 0. The number of nitrogens with one attached hydrogen (secondary N) is 1. The van der Waals surface area contributed by atoms with Crippen LogP contribution in [0.1, 0.15) is 32.1 Å². The Balaban J connectivity index is 2.21. The summed E-state index contributed by atoms with van der Waals surface area (Å²) in [6.45, 7) is 6.00. The van der Waals surface area contributed by atoms with E-state index in [0.29, 0.717) is 5.92 Å². The average molecular weight is 224 g/mol. The van der Waals surface area contributed by atoms with Crippen molar-refractivity contribution in [2.24, 2.45) is 11.8 Å². The number of imidazole rings is 1. The molecule has 2 rings (SSSR count). The number of ether oxygens (including phenoxy) is 1. The number of hydrazine groups is 1. The maximum Gasteiger partial charge on any atom is 0.129 e. The lowest BCUT2D eigenvalue weighted by atomic mass is 9.97. The molecule has 0 bridgehead atoms. The third kappa shape index (κ3) is 1.98. The molecule has 0 aromatic carbocycles. The minimum Gasteiger partial charge on any atom is -0.376 e. The van der Waals surface area contributed by atoms with Crippen LogP contribution in [-0.4, -0.2) is 22.3 Å². The number of nitrogens with zero attached hydrogens (tertiary/aromatic N) is 2. The summed E-state index contributed by atoms with van der Waals surface area (Å²) in [5.41, 5.74) is 2.84. The van der Waals surface area contributed by atoms with E-state index in [-0.39, 0.29) is 12.1 Å². The summed E-state index contributed by atoms with van der Waals surface area (Å²) in [6.07, 6.45) is 5.00. The van der Waals surface area contributed by atoms with Crippen molar-refractivity contribution in [3.8, 4) is 0 Å². The van der Waals surface area contributed by atoms with Crippen LogP contribution in [0, 0.1) is 5.92 Å². The first-order chi connectivity index (χ1) is 7.77. The van der Waals surface area contributed by atoms with Gasteiger partial charge in [0.1, 0.15) is 11.9 Å². The van der Waals surface area contributed by atoms with Gasteiger partial charge >= 0.3 is 0 Å². The highest BCUT2D eigenvalue weighted by Gasteiger charge is 2.34. The quantitative estimate of drug-likeness (QED) is 0.587. The fourth-order valence-electron chi connectivity index (χ4n) is 2.33. The molecule has 16 heavy (non-hydrogen) atoms. The minimum absolute atomic E-state index is 0.0209. The number of rotatable bonds is 4. The smallest absolute Gasteiger partial charge is 0.129 e. The van der Waals surface area contributed by atoms with Gasteiger partial charge in [0.05, 0.1) is 6.10 Å². The summed E-state index contributed by atoms with van der Waals surface area (Å²) >= 11 is 0. The van der Waals surface area contributed by atoms with Gasteiger partial charge in [-0.05, 0) is 19.3 Å². The zero-order valence-electron chi connectivity index (χ0n) is 9.89. The number of hydrogen-bond donors (Lipinski definition) is 2. The summed E-state index contributed by atoms with van der Waals surface area (Å²) in [6, 6.07) is -0.0209. The highest BCUT2D eigenvalue weighted by molar-refractivity contribution is 5.03. The van der Waals surface area contributed by atoms with Crippen LogP contribution in [0.2, 0.25) is 0 Å². The zero-order valence-corrected chi connectivity index (χ0v) is 9.89. The van der Waals surface area contributed by atoms with Gasteiger partial charge in [0.15, 0.2) is 0 Å². The van der Waals surface area contributed by atoms with Gasteiger partial charge in [-0.2, -0.15) is 0 Å². The molecule has 1 aromatic heterocycles. The first kappa shape index (κ1) is 11.6. The van der Waals surface area contributed by atoms with E-state index in [1.54, 1.807) is 0 Å². The van der Waals surface area contributed by atoms with Crippen molar-refractivity contribution in [1.82, 2.24) is 15.0 Å². The molecule has 3 atom stereocenters. The maximum atomic E-state index is 5.75. The lowest BCUT2D eigenvalue weighted by Gasteiger charge is -2.25. The molecule has 0 radical (unpaired) electrons. The Bertz CT molecular complexity index is 338. The molecule has 1 fully saturated rings. The summed E-state index contributed by atoms with van der Waals surface area (Å²) < 4.78 is 7.84. The number of nitrogens with two attached hydrogens (primary N) is 1. The van der Waals surface area contributed by atoms with Crippen LogP contribution in [0.4, 0.5) is 0 Å². The van der Waals surface area contributed by atoms with Crippen LogP contribution in [0.15, 0.2) is 12.4 Å². The monoisotopic (exact) mass is 224 g/mol. The van der Waals surface area contributed by atoms with Gasteiger partial charge in [0.25, 0.3) is 0 Å². The van der Waals surface area contributed by atoms with Gasteiger partial charge in [-0.3, -0.25) is 5.84 Å². The molecule has 1 saturated heterocycles. The third-order valence-electron chi connectivity index (χ3n) is 3.32. The van der Waals surface area contributed by atoms with Gasteiger partial charge in [-0.25, -0.2) is 10.4 Å². The molecule has 1 aromatic rings. The molecular formula is C11H20N4O. The molecule has 3 unspecified atom stereocenters. The SMILES string of the molecule is CCn1ccnc1C(NN)C1OCCC1C. The molecule has 90 valence electrons. The average Bonchev–Trinajstić information content (AvgIpc) is 2.90. The Morgan fingerprint density at radius 2 is 2.56 bits per heavy atom. The molecule has 0 spiro atoms. The Morgan fingerprint density at radius 1 is 1.75 bits per heavy atom. The van der Waals surface area contributed by atoms with Gasteiger partial charge in [0.2, 0.25) is 0 Å². The summed E-state index contributed by atoms with van der Waals surface area (Å²) in [5.74, 6) is 7.12. The van der Waals surface area contributed by atoms with Crippen molar-refractivity contribution in [3.63, 3.8) is 0 Å². The van der Waals surface area contributed by atoms with Gasteiger partial charge in [-0.15, -0.1) is 0 Å². The third-order valence-corrected chi connectivity index (χ3v) is 3.32. The van der Waals surface area contributed by atoms with Gasteiger partial charge in [-0.1, -0.05) is 6.92 Å². The molecule has 5 nitrogen and oxygen atoms in total. The standard InChI is InChI=1S/C11H20N4O/c1-3-15-6-5-13-11(15)9(14-12)10-8(2)4-7-16-10/h5-6,8-10,14H,3-4,7,12H2,1-2H3. The lowest BCUT2D eigenvalue weighted by molar-refractivity contribution is 0.0570. The van der Waals surface area contributed by atoms with E-state index in [1.165, 1.54) is 0 Å². The highest BCUT2D eigenvalue weighted by atomic mass is 16.5. The lowest BCUT2D eigenvalue weighted by Crippen LogP contribution is -2.40. The van der Waals surface area contributed by atoms with Crippen LogP contribution < -0.4 is 11.3 Å². The Labute approximate surface area is 96.0 Å². The topological polar surface area (TPSA) is 65.1 Å². The predicted octanol–water partition coefficient (Wildman–Crippen LogP) is 0.832. The van der Waals surface area contributed by atoms with E-state index in [0.717, 1.165) is 25.4 Å². The molecule has 1 aliphatic heterocycles. The molecule has 0 saturated carbocycles. The second-order valence-electron chi connectivity index (χ2n) is 4.32. The van der Waals surface area contributed by atoms with Crippen LogP contribution >= 0.6 is 0 Å². The Morgan fingerprint density at radius 3 is 3.12 bits per heavy atom. The molecule has 3 N–H and O–H groups in total. The van der Waals surface area contributed by atoms with Crippen LogP contribution in [0.25, 0.3) is 0 Å². The van der Waals surface area contributed by atoms with E-state index < -0.39 is 0 Å². The second-order valence-corrected chi connectivity index (χ2v) is 4.32. The first-order valence-electron chi connectivity index (χ1n) is 5.86. The highest BCUT2D eigenvalue weighted by Crippen LogP contribution is 2.30. The molecule has 0 aliphatic carbocycles. The molecule has 2 heterocycles. The van der Waals surface area contributed by atoms with Crippen LogP contribution in [0.5, 0.6) is 0 Å². The van der Waals surface area contributed by atoms with E-state index in [4.69, 9.17) is 10.6 Å². The van der Waals surface area contributed by atoms with E-state index in [9.17, 15) is 0 Å². The van der Waals surface area contributed by atoms with Crippen molar-refractivity contribution in [3.05, 3.63) is 18.2 Å². The van der Waals surface area contributed by atoms with Gasteiger partial charge in [0, 0.05) is 25.5 Å². The zero-order chi connectivity index (χ0) is 11.5. The number of hydrogen-bond acceptors (Lipinski definition) is 4. The van der Waals surface area contributed by atoms with Crippen molar-refractivity contribution in [2.45, 2.75) is 39.0 Å².